The molecule has 0 saturated carbocycles. The molecule has 0 radical (unpaired) electrons. The first-order chi connectivity index (χ1) is 6.81. The van der Waals surface area contributed by atoms with Crippen LogP contribution in [0.1, 0.15) is 0 Å². The molecule has 0 aromatic heterocycles. The average molecular weight is 212 g/mol. The van der Waals surface area contributed by atoms with Crippen LogP contribution in [0.5, 0.6) is 5.75 Å². The molecule has 0 atom stereocenters. The Morgan fingerprint density at radius 2 is 2.21 bits per heavy atom. The summed E-state index contributed by atoms with van der Waals surface area (Å²) >= 11 is 4.14. The van der Waals surface area contributed by atoms with Crippen molar-refractivity contribution < 1.29 is 4.74 Å². The molecular formula is C10H16N2OS. The minimum Gasteiger partial charge on any atom is -0.495 e. The summed E-state index contributed by atoms with van der Waals surface area (Å²) in [5, 5.41) is 6.33. The summed E-state index contributed by atoms with van der Waals surface area (Å²) in [6.07, 6.45) is 0. The topological polar surface area (TPSA) is 33.3 Å². The van der Waals surface area contributed by atoms with E-state index in [-0.39, 0.29) is 0 Å². The monoisotopic (exact) mass is 212 g/mol. The molecule has 0 heterocycles. The fraction of sp³-hybridized carbons (Fsp3) is 0.400. The van der Waals surface area contributed by atoms with Gasteiger partial charge in [-0.3, -0.25) is 0 Å². The van der Waals surface area contributed by atoms with E-state index in [2.05, 4.69) is 23.3 Å². The maximum absolute atomic E-state index is 5.23. The molecule has 0 aliphatic heterocycles. The van der Waals surface area contributed by atoms with Crippen molar-refractivity contribution in [3.05, 3.63) is 18.2 Å². The van der Waals surface area contributed by atoms with E-state index in [0.717, 1.165) is 29.4 Å². The van der Waals surface area contributed by atoms with E-state index in [1.165, 1.54) is 0 Å². The third-order valence-corrected chi connectivity index (χ3v) is 2.14. The lowest BCUT2D eigenvalue weighted by atomic mass is 10.2. The maximum Gasteiger partial charge on any atom is 0.142 e. The molecule has 78 valence electrons. The van der Waals surface area contributed by atoms with Crippen molar-refractivity contribution in [1.29, 1.82) is 0 Å². The van der Waals surface area contributed by atoms with Crippen molar-refractivity contribution in [2.75, 3.05) is 37.1 Å². The second-order valence-corrected chi connectivity index (χ2v) is 3.26. The van der Waals surface area contributed by atoms with Gasteiger partial charge in [-0.15, -0.1) is 0 Å². The minimum absolute atomic E-state index is 0.799. The van der Waals surface area contributed by atoms with E-state index in [1.54, 1.807) is 7.11 Å². The Bertz CT molecular complexity index is 291. The fourth-order valence-corrected chi connectivity index (χ4v) is 1.30. The standard InChI is InChI=1S/C10H16N2OS/c1-11-8-3-4-10(13-2)9(7-8)12-5-6-14/h3-4,7,11-12,14H,5-6H2,1-2H3. The molecule has 1 rings (SSSR count). The summed E-state index contributed by atoms with van der Waals surface area (Å²) in [4.78, 5) is 0. The lowest BCUT2D eigenvalue weighted by Crippen LogP contribution is -2.04. The van der Waals surface area contributed by atoms with Crippen LogP contribution in [0.4, 0.5) is 11.4 Å². The average Bonchev–Trinajstić information content (AvgIpc) is 2.25. The molecular weight excluding hydrogens is 196 g/mol. The number of benzene rings is 1. The zero-order valence-electron chi connectivity index (χ0n) is 8.50. The summed E-state index contributed by atoms with van der Waals surface area (Å²) in [7, 11) is 3.56. The highest BCUT2D eigenvalue weighted by Crippen LogP contribution is 2.27. The molecule has 0 fully saturated rings. The molecule has 0 unspecified atom stereocenters. The number of rotatable bonds is 5. The number of hydrogen-bond donors (Lipinski definition) is 3. The Hall–Kier alpha value is -1.03. The molecule has 0 spiro atoms. The highest BCUT2D eigenvalue weighted by atomic mass is 32.1. The number of thiol groups is 1. The van der Waals surface area contributed by atoms with Crippen LogP contribution in [0.3, 0.4) is 0 Å². The second-order valence-electron chi connectivity index (χ2n) is 2.82. The van der Waals surface area contributed by atoms with Crippen molar-refractivity contribution in [2.24, 2.45) is 0 Å². The second kappa shape index (κ2) is 5.65. The van der Waals surface area contributed by atoms with Gasteiger partial charge in [-0.2, -0.15) is 12.6 Å². The normalized spacial score (nSPS) is 9.64. The van der Waals surface area contributed by atoms with E-state index in [4.69, 9.17) is 4.74 Å². The zero-order chi connectivity index (χ0) is 10.4. The number of nitrogens with one attached hydrogen (secondary N) is 2. The molecule has 2 N–H and O–H groups in total. The van der Waals surface area contributed by atoms with Crippen LogP contribution < -0.4 is 15.4 Å². The van der Waals surface area contributed by atoms with Crippen LogP contribution in [-0.2, 0) is 0 Å². The Morgan fingerprint density at radius 3 is 2.79 bits per heavy atom. The molecule has 1 aromatic carbocycles. The number of hydrogen-bond acceptors (Lipinski definition) is 4. The van der Waals surface area contributed by atoms with Gasteiger partial charge in [0.05, 0.1) is 12.8 Å². The van der Waals surface area contributed by atoms with Gasteiger partial charge in [0, 0.05) is 25.0 Å². The van der Waals surface area contributed by atoms with E-state index in [1.807, 2.05) is 25.2 Å². The predicted molar refractivity (Wildman–Crippen MR) is 64.9 cm³/mol. The molecule has 0 saturated heterocycles. The van der Waals surface area contributed by atoms with E-state index in [9.17, 15) is 0 Å². The third-order valence-electron chi connectivity index (χ3n) is 1.92. The molecule has 1 aromatic rings. The highest BCUT2D eigenvalue weighted by Gasteiger charge is 2.02. The van der Waals surface area contributed by atoms with Crippen LogP contribution in [-0.4, -0.2) is 26.5 Å². The van der Waals surface area contributed by atoms with Crippen LogP contribution in [0.25, 0.3) is 0 Å². The lowest BCUT2D eigenvalue weighted by Gasteiger charge is -2.11. The van der Waals surface area contributed by atoms with Gasteiger partial charge in [0.15, 0.2) is 0 Å². The summed E-state index contributed by atoms with van der Waals surface area (Å²) in [6.45, 7) is 0.826. The molecule has 0 aliphatic rings. The number of methoxy groups -OCH3 is 1. The smallest absolute Gasteiger partial charge is 0.142 e. The largest absolute Gasteiger partial charge is 0.495 e. The van der Waals surface area contributed by atoms with Crippen molar-refractivity contribution in [1.82, 2.24) is 0 Å². The maximum atomic E-state index is 5.23. The van der Waals surface area contributed by atoms with Gasteiger partial charge in [0.2, 0.25) is 0 Å². The van der Waals surface area contributed by atoms with E-state index < -0.39 is 0 Å². The predicted octanol–water partition coefficient (Wildman–Crippen LogP) is 2.08. The van der Waals surface area contributed by atoms with Gasteiger partial charge in [-0.25, -0.2) is 0 Å². The fourth-order valence-electron chi connectivity index (χ4n) is 1.19. The molecule has 14 heavy (non-hydrogen) atoms. The first-order valence-corrected chi connectivity index (χ1v) is 5.15. The molecule has 4 heteroatoms. The summed E-state index contributed by atoms with van der Waals surface area (Å²) < 4.78 is 5.23. The number of ether oxygens (including phenoxy) is 1. The SMILES string of the molecule is CNc1ccc(OC)c(NCCS)c1. The highest BCUT2D eigenvalue weighted by molar-refractivity contribution is 7.80. The van der Waals surface area contributed by atoms with E-state index >= 15 is 0 Å². The van der Waals surface area contributed by atoms with E-state index in [0.29, 0.717) is 0 Å². The summed E-state index contributed by atoms with van der Waals surface area (Å²) in [5.74, 6) is 1.65. The third kappa shape index (κ3) is 2.73. The summed E-state index contributed by atoms with van der Waals surface area (Å²) in [5.41, 5.74) is 2.06. The van der Waals surface area contributed by atoms with Crippen LogP contribution >= 0.6 is 12.6 Å². The van der Waals surface area contributed by atoms with Gasteiger partial charge in [0.1, 0.15) is 5.75 Å². The molecule has 3 nitrogen and oxygen atoms in total. The Morgan fingerprint density at radius 1 is 1.43 bits per heavy atom. The Kier molecular flexibility index (Phi) is 4.46. The van der Waals surface area contributed by atoms with Crippen LogP contribution in [0.15, 0.2) is 18.2 Å². The summed E-state index contributed by atoms with van der Waals surface area (Å²) in [6, 6.07) is 5.93. The quantitative estimate of drug-likeness (QED) is 0.654. The Labute approximate surface area is 90.3 Å². The molecule has 0 amide bonds. The van der Waals surface area contributed by atoms with Crippen LogP contribution in [0, 0.1) is 0 Å². The van der Waals surface area contributed by atoms with Crippen molar-refractivity contribution in [3.8, 4) is 5.75 Å². The molecule has 0 bridgehead atoms. The first-order valence-electron chi connectivity index (χ1n) is 4.52. The van der Waals surface area contributed by atoms with Gasteiger partial charge in [-0.1, -0.05) is 0 Å². The van der Waals surface area contributed by atoms with Gasteiger partial charge < -0.3 is 15.4 Å². The van der Waals surface area contributed by atoms with Crippen molar-refractivity contribution in [2.45, 2.75) is 0 Å². The van der Waals surface area contributed by atoms with Crippen LogP contribution in [0.2, 0.25) is 0 Å². The van der Waals surface area contributed by atoms with Gasteiger partial charge in [-0.05, 0) is 18.2 Å². The number of anilines is 2. The van der Waals surface area contributed by atoms with Crippen molar-refractivity contribution in [3.63, 3.8) is 0 Å². The molecule has 0 aliphatic carbocycles. The Balaban J connectivity index is 2.84. The van der Waals surface area contributed by atoms with Gasteiger partial charge >= 0.3 is 0 Å². The lowest BCUT2D eigenvalue weighted by molar-refractivity contribution is 0.416. The van der Waals surface area contributed by atoms with Gasteiger partial charge in [0.25, 0.3) is 0 Å². The van der Waals surface area contributed by atoms with Crippen molar-refractivity contribution >= 4 is 24.0 Å². The first kappa shape index (κ1) is 11.0. The zero-order valence-corrected chi connectivity index (χ0v) is 9.40. The minimum atomic E-state index is 0.799.